The first-order valence-electron chi connectivity index (χ1n) is 11.0. The van der Waals surface area contributed by atoms with Crippen LogP contribution in [0, 0.1) is 0 Å². The van der Waals surface area contributed by atoms with Crippen molar-refractivity contribution in [3.8, 4) is 0 Å². The van der Waals surface area contributed by atoms with E-state index in [-0.39, 0.29) is 26.7 Å². The molecular formula is C23H22ClF3N6S2. The van der Waals surface area contributed by atoms with Gasteiger partial charge in [-0.15, -0.1) is 0 Å². The van der Waals surface area contributed by atoms with Crippen molar-refractivity contribution in [2.45, 2.75) is 53.9 Å². The second kappa shape index (κ2) is 11.0. The monoisotopic (exact) mass is 538 g/mol. The number of benzene rings is 1. The van der Waals surface area contributed by atoms with Gasteiger partial charge in [0, 0.05) is 35.4 Å². The predicted molar refractivity (Wildman–Crippen MR) is 134 cm³/mol. The molecule has 2 heterocycles. The van der Waals surface area contributed by atoms with Crippen LogP contribution >= 0.6 is 35.6 Å². The van der Waals surface area contributed by atoms with Crippen LogP contribution in [0.5, 0.6) is 0 Å². The van der Waals surface area contributed by atoms with Crippen LogP contribution in [0.25, 0.3) is 0 Å². The molecule has 0 bridgehead atoms. The Balaban J connectivity index is 1.50. The Bertz CT molecular complexity index is 1160. The largest absolute Gasteiger partial charge is 0.433 e. The zero-order valence-electron chi connectivity index (χ0n) is 18.5. The summed E-state index contributed by atoms with van der Waals surface area (Å²) in [5.41, 5.74) is -0.0653. The molecule has 0 spiro atoms. The van der Waals surface area contributed by atoms with Crippen LogP contribution in [0.3, 0.4) is 0 Å². The number of rotatable bonds is 6. The third-order valence-corrected chi connectivity index (χ3v) is 7.12. The summed E-state index contributed by atoms with van der Waals surface area (Å²) < 4.78 is 40.4. The zero-order chi connectivity index (χ0) is 24.9. The third-order valence-electron chi connectivity index (χ3n) is 5.81. The standard InChI is InChI=1S/C23H22ClF3N6S2/c24-16-7-5-15(6-8-16)22(9-2-1-3-10-22)14-30-20(34)33-19-31-17(23(25,26)27)13-18(32-19)35-21-28-11-4-12-29-21/h4-8,11-13H,1-3,9-10,14H2,(H2,30,31,32,33,34). The fourth-order valence-electron chi connectivity index (χ4n) is 4.10. The van der Waals surface area contributed by atoms with Gasteiger partial charge in [-0.1, -0.05) is 43.0 Å². The van der Waals surface area contributed by atoms with Gasteiger partial charge in [0.15, 0.2) is 16.0 Å². The van der Waals surface area contributed by atoms with E-state index in [4.69, 9.17) is 23.8 Å². The Morgan fingerprint density at radius 2 is 1.74 bits per heavy atom. The summed E-state index contributed by atoms with van der Waals surface area (Å²) in [4.78, 5) is 15.8. The maximum Gasteiger partial charge on any atom is 0.433 e. The Kier molecular flexibility index (Phi) is 8.08. The van der Waals surface area contributed by atoms with Crippen molar-refractivity contribution in [1.29, 1.82) is 0 Å². The van der Waals surface area contributed by atoms with E-state index in [2.05, 4.69) is 30.6 Å². The lowest BCUT2D eigenvalue weighted by Crippen LogP contribution is -2.43. The minimum Gasteiger partial charge on any atom is -0.361 e. The van der Waals surface area contributed by atoms with Gasteiger partial charge in [0.1, 0.15) is 5.03 Å². The van der Waals surface area contributed by atoms with Crippen molar-refractivity contribution < 1.29 is 13.2 Å². The topological polar surface area (TPSA) is 75.6 Å². The maximum absolute atomic E-state index is 13.5. The fraction of sp³-hybridized carbons (Fsp3) is 0.348. The van der Waals surface area contributed by atoms with E-state index in [1.807, 2.05) is 24.3 Å². The van der Waals surface area contributed by atoms with Gasteiger partial charge in [-0.05, 0) is 60.6 Å². The van der Waals surface area contributed by atoms with Crippen LogP contribution in [0.15, 0.2) is 59.0 Å². The zero-order valence-corrected chi connectivity index (χ0v) is 20.9. The number of hydrogen-bond donors (Lipinski definition) is 2. The lowest BCUT2D eigenvalue weighted by atomic mass is 9.69. The van der Waals surface area contributed by atoms with Gasteiger partial charge in [-0.3, -0.25) is 0 Å². The SMILES string of the molecule is FC(F)(F)c1cc(Sc2ncccn2)nc(NC(=S)NCC2(c3ccc(Cl)cc3)CCCCC2)n1. The highest BCUT2D eigenvalue weighted by molar-refractivity contribution is 7.99. The molecule has 1 saturated carbocycles. The summed E-state index contributed by atoms with van der Waals surface area (Å²) in [6, 6.07) is 10.3. The van der Waals surface area contributed by atoms with Crippen LogP contribution in [0.2, 0.25) is 5.02 Å². The third kappa shape index (κ3) is 6.80. The smallest absolute Gasteiger partial charge is 0.361 e. The normalized spacial score (nSPS) is 15.4. The van der Waals surface area contributed by atoms with Gasteiger partial charge >= 0.3 is 6.18 Å². The molecule has 4 rings (SSSR count). The molecule has 1 fully saturated rings. The number of halogens is 4. The molecule has 1 aromatic carbocycles. The van der Waals surface area contributed by atoms with Gasteiger partial charge in [0.2, 0.25) is 5.95 Å². The molecule has 0 unspecified atom stereocenters. The summed E-state index contributed by atoms with van der Waals surface area (Å²) in [6.07, 6.45) is 3.64. The average Bonchev–Trinajstić information content (AvgIpc) is 2.84. The van der Waals surface area contributed by atoms with Crippen LogP contribution in [0.1, 0.15) is 43.4 Å². The minimum atomic E-state index is -4.65. The van der Waals surface area contributed by atoms with E-state index in [9.17, 15) is 13.2 Å². The number of nitrogens with one attached hydrogen (secondary N) is 2. The van der Waals surface area contributed by atoms with Gasteiger partial charge < -0.3 is 10.6 Å². The number of alkyl halides is 3. The first-order chi connectivity index (χ1) is 16.7. The summed E-state index contributed by atoms with van der Waals surface area (Å²) in [7, 11) is 0. The number of nitrogens with zero attached hydrogens (tertiary/aromatic N) is 4. The lowest BCUT2D eigenvalue weighted by Gasteiger charge is -2.38. The molecule has 0 atom stereocenters. The van der Waals surface area contributed by atoms with Crippen molar-refractivity contribution >= 4 is 46.6 Å². The summed E-state index contributed by atoms with van der Waals surface area (Å²) in [5, 5.41) is 7.03. The molecule has 0 aliphatic heterocycles. The molecule has 2 N–H and O–H groups in total. The molecule has 0 radical (unpaired) electrons. The predicted octanol–water partition coefficient (Wildman–Crippen LogP) is 6.28. The van der Waals surface area contributed by atoms with Gasteiger partial charge in [0.25, 0.3) is 0 Å². The highest BCUT2D eigenvalue weighted by Gasteiger charge is 2.35. The lowest BCUT2D eigenvalue weighted by molar-refractivity contribution is -0.141. The van der Waals surface area contributed by atoms with Gasteiger partial charge in [-0.2, -0.15) is 13.2 Å². The van der Waals surface area contributed by atoms with E-state index in [1.165, 1.54) is 18.8 Å². The number of anilines is 1. The molecule has 12 heteroatoms. The number of thiocarbonyl (C=S) groups is 1. The fourth-order valence-corrected chi connectivity index (χ4v) is 5.11. The van der Waals surface area contributed by atoms with E-state index in [1.54, 1.807) is 6.07 Å². The van der Waals surface area contributed by atoms with Crippen molar-refractivity contribution in [3.05, 3.63) is 65.1 Å². The summed E-state index contributed by atoms with van der Waals surface area (Å²) in [5.74, 6) is -0.250. The average molecular weight is 539 g/mol. The number of aromatic nitrogens is 4. The van der Waals surface area contributed by atoms with Crippen molar-refractivity contribution in [1.82, 2.24) is 25.3 Å². The highest BCUT2D eigenvalue weighted by Crippen LogP contribution is 2.39. The van der Waals surface area contributed by atoms with Crippen molar-refractivity contribution in [3.63, 3.8) is 0 Å². The van der Waals surface area contributed by atoms with Gasteiger partial charge in [0.05, 0.1) is 0 Å². The second-order valence-electron chi connectivity index (χ2n) is 8.20. The van der Waals surface area contributed by atoms with Crippen molar-refractivity contribution in [2.24, 2.45) is 0 Å². The molecule has 2 aromatic heterocycles. The van der Waals surface area contributed by atoms with E-state index >= 15 is 0 Å². The molecular weight excluding hydrogens is 517 g/mol. The molecule has 1 aliphatic carbocycles. The van der Waals surface area contributed by atoms with Crippen LogP contribution in [0.4, 0.5) is 19.1 Å². The molecule has 0 amide bonds. The molecule has 1 aliphatic rings. The summed E-state index contributed by atoms with van der Waals surface area (Å²) in [6.45, 7) is 0.527. The Morgan fingerprint density at radius 3 is 2.40 bits per heavy atom. The molecule has 6 nitrogen and oxygen atoms in total. The van der Waals surface area contributed by atoms with Crippen molar-refractivity contribution in [2.75, 3.05) is 11.9 Å². The Hall–Kier alpha value is -2.50. The van der Waals surface area contributed by atoms with E-state index in [0.717, 1.165) is 49.1 Å². The van der Waals surface area contributed by atoms with Crippen LogP contribution in [-0.2, 0) is 11.6 Å². The second-order valence-corrected chi connectivity index (χ2v) is 10.0. The highest BCUT2D eigenvalue weighted by atomic mass is 35.5. The Labute approximate surface area is 215 Å². The first kappa shape index (κ1) is 25.6. The van der Waals surface area contributed by atoms with E-state index < -0.39 is 11.9 Å². The van der Waals surface area contributed by atoms with E-state index in [0.29, 0.717) is 11.6 Å². The number of hydrogen-bond acceptors (Lipinski definition) is 6. The Morgan fingerprint density at radius 1 is 1.06 bits per heavy atom. The van der Waals surface area contributed by atoms with Crippen LogP contribution in [-0.4, -0.2) is 31.6 Å². The molecule has 184 valence electrons. The van der Waals surface area contributed by atoms with Crippen LogP contribution < -0.4 is 10.6 Å². The van der Waals surface area contributed by atoms with Gasteiger partial charge in [-0.25, -0.2) is 19.9 Å². The maximum atomic E-state index is 13.5. The minimum absolute atomic E-state index is 0.0498. The molecule has 0 saturated heterocycles. The first-order valence-corrected chi connectivity index (χ1v) is 12.6. The quantitative estimate of drug-likeness (QED) is 0.216. The molecule has 35 heavy (non-hydrogen) atoms. The summed E-state index contributed by atoms with van der Waals surface area (Å²) >= 11 is 12.4. The molecule has 3 aromatic rings.